The molecule has 1 N–H and O–H groups in total. The summed E-state index contributed by atoms with van der Waals surface area (Å²) >= 11 is 0. The van der Waals surface area contributed by atoms with Gasteiger partial charge in [0.05, 0.1) is 13.7 Å². The summed E-state index contributed by atoms with van der Waals surface area (Å²) in [6, 6.07) is 9.23. The highest BCUT2D eigenvalue weighted by atomic mass is 16.5. The molecule has 0 bridgehead atoms. The van der Waals surface area contributed by atoms with Crippen LogP contribution in [0.15, 0.2) is 30.3 Å². The number of hydrogen-bond donors (Lipinski definition) is 1. The van der Waals surface area contributed by atoms with Gasteiger partial charge in [-0.15, -0.1) is 0 Å². The van der Waals surface area contributed by atoms with E-state index in [1.54, 1.807) is 11.8 Å². The number of methoxy groups -OCH3 is 1. The van der Waals surface area contributed by atoms with E-state index in [0.29, 0.717) is 5.69 Å². The maximum Gasteiger partial charge on any atom is 0.358 e. The Hall–Kier alpha value is -3.16. The summed E-state index contributed by atoms with van der Waals surface area (Å²) in [5, 5.41) is 7.50. The van der Waals surface area contributed by atoms with Crippen LogP contribution in [0.2, 0.25) is 0 Å². The van der Waals surface area contributed by atoms with Gasteiger partial charge < -0.3 is 10.1 Å². The largest absolute Gasteiger partial charge is 0.464 e. The number of benzene rings is 1. The highest BCUT2D eigenvalue weighted by Crippen LogP contribution is 2.33. The number of ether oxygens (including phenoxy) is 1. The molecule has 1 atom stereocenters. The van der Waals surface area contributed by atoms with E-state index in [4.69, 9.17) is 4.74 Å². The van der Waals surface area contributed by atoms with Crippen LogP contribution < -0.4 is 10.2 Å². The number of fused-ring (bicyclic) bond motifs is 1. The average Bonchev–Trinajstić information content (AvgIpc) is 3.07. The molecule has 1 fully saturated rings. The van der Waals surface area contributed by atoms with Crippen molar-refractivity contribution in [2.75, 3.05) is 12.0 Å². The molecule has 1 aromatic heterocycles. The molecule has 0 unspecified atom stereocenters. The number of nitrogens with zero attached hydrogens (tertiary/aromatic N) is 3. The van der Waals surface area contributed by atoms with Gasteiger partial charge in [0.15, 0.2) is 5.69 Å². The Bertz CT molecular complexity index is 1040. The molecule has 1 aliphatic heterocycles. The maximum absolute atomic E-state index is 13.7. The Balaban J connectivity index is 1.73. The predicted molar refractivity (Wildman–Crippen MR) is 124 cm³/mol. The molecule has 4 rings (SSSR count). The van der Waals surface area contributed by atoms with Crippen LogP contribution in [0, 0.1) is 0 Å². The second-order valence-electron chi connectivity index (χ2n) is 9.16. The van der Waals surface area contributed by atoms with Crippen LogP contribution in [0.4, 0.5) is 5.69 Å². The zero-order valence-corrected chi connectivity index (χ0v) is 19.6. The van der Waals surface area contributed by atoms with Crippen LogP contribution in [0.5, 0.6) is 0 Å². The van der Waals surface area contributed by atoms with Crippen LogP contribution in [0.25, 0.3) is 0 Å². The fraction of sp³-hybridized carbons (Fsp3) is 0.520. The highest BCUT2D eigenvalue weighted by Gasteiger charge is 2.49. The summed E-state index contributed by atoms with van der Waals surface area (Å²) in [6.45, 7) is 3.98. The molecule has 8 nitrogen and oxygen atoms in total. The first-order valence-electron chi connectivity index (χ1n) is 11.8. The lowest BCUT2D eigenvalue weighted by Gasteiger charge is -2.43. The first-order chi connectivity index (χ1) is 15.9. The number of rotatable bonds is 5. The van der Waals surface area contributed by atoms with Gasteiger partial charge in [0, 0.05) is 17.8 Å². The Kier molecular flexibility index (Phi) is 6.54. The van der Waals surface area contributed by atoms with Gasteiger partial charge in [-0.25, -0.2) is 4.79 Å². The second-order valence-corrected chi connectivity index (χ2v) is 9.16. The molecule has 1 aliphatic carbocycles. The van der Waals surface area contributed by atoms with Crippen molar-refractivity contribution in [3.8, 4) is 0 Å². The fourth-order valence-electron chi connectivity index (χ4n) is 4.84. The monoisotopic (exact) mass is 452 g/mol. The van der Waals surface area contributed by atoms with Gasteiger partial charge in [-0.05, 0) is 43.9 Å². The van der Waals surface area contributed by atoms with Crippen molar-refractivity contribution in [3.63, 3.8) is 0 Å². The maximum atomic E-state index is 13.7. The third-order valence-corrected chi connectivity index (χ3v) is 6.83. The number of nitrogens with one attached hydrogen (secondary N) is 1. The summed E-state index contributed by atoms with van der Waals surface area (Å²) in [5.74, 6) is -1.19. The van der Waals surface area contributed by atoms with E-state index in [-0.39, 0.29) is 35.8 Å². The van der Waals surface area contributed by atoms with Gasteiger partial charge in [0.25, 0.3) is 5.91 Å². The molecule has 1 saturated carbocycles. The van der Waals surface area contributed by atoms with Gasteiger partial charge in [-0.1, -0.05) is 44.7 Å². The molecule has 2 aliphatic rings. The molecule has 2 heterocycles. The zero-order chi connectivity index (χ0) is 23.6. The minimum absolute atomic E-state index is 0.0514. The van der Waals surface area contributed by atoms with Crippen LogP contribution in [-0.4, -0.2) is 46.3 Å². The lowest BCUT2D eigenvalue weighted by molar-refractivity contribution is -0.127. The highest BCUT2D eigenvalue weighted by molar-refractivity contribution is 6.12. The number of anilines is 1. The molecular weight excluding hydrogens is 420 g/mol. The van der Waals surface area contributed by atoms with Gasteiger partial charge in [0.1, 0.15) is 11.2 Å². The molecule has 0 saturated heterocycles. The molecule has 0 spiro atoms. The van der Waals surface area contributed by atoms with E-state index >= 15 is 0 Å². The first kappa shape index (κ1) is 23.0. The van der Waals surface area contributed by atoms with Gasteiger partial charge in [-0.2, -0.15) is 5.10 Å². The van der Waals surface area contributed by atoms with Crippen LogP contribution in [0.1, 0.15) is 78.9 Å². The SMILES string of the molecule is CCc1ccc(N2C(=O)c3cc(C(=O)OC)nn3C[C@]2(C)C(=O)NC2CCCCCC2)cc1. The summed E-state index contributed by atoms with van der Waals surface area (Å²) in [5.41, 5.74) is 0.891. The fourth-order valence-corrected chi connectivity index (χ4v) is 4.84. The third-order valence-electron chi connectivity index (χ3n) is 6.83. The van der Waals surface area contributed by atoms with Crippen molar-refractivity contribution in [1.82, 2.24) is 15.1 Å². The lowest BCUT2D eigenvalue weighted by Crippen LogP contribution is -2.65. The number of aromatic nitrogens is 2. The molecular formula is C25H32N4O4. The molecule has 8 heteroatoms. The average molecular weight is 453 g/mol. The lowest BCUT2D eigenvalue weighted by atomic mass is 9.93. The third kappa shape index (κ3) is 4.38. The number of carbonyl (C=O) groups is 3. The molecule has 176 valence electrons. The minimum atomic E-state index is -1.20. The smallest absolute Gasteiger partial charge is 0.358 e. The van der Waals surface area contributed by atoms with E-state index in [2.05, 4.69) is 17.3 Å². The molecule has 2 aromatic rings. The summed E-state index contributed by atoms with van der Waals surface area (Å²) in [4.78, 5) is 41.0. The number of hydrogen-bond acceptors (Lipinski definition) is 5. The molecule has 0 radical (unpaired) electrons. The Morgan fingerprint density at radius 1 is 1.15 bits per heavy atom. The Labute approximate surface area is 194 Å². The number of aryl methyl sites for hydroxylation is 1. The molecule has 2 amide bonds. The summed E-state index contributed by atoms with van der Waals surface area (Å²) < 4.78 is 6.24. The van der Waals surface area contributed by atoms with Gasteiger partial charge >= 0.3 is 5.97 Å². The number of amides is 2. The second kappa shape index (κ2) is 9.37. The quantitative estimate of drug-likeness (QED) is 0.554. The van der Waals surface area contributed by atoms with Crippen molar-refractivity contribution < 1.29 is 19.1 Å². The van der Waals surface area contributed by atoms with E-state index in [1.165, 1.54) is 30.7 Å². The van der Waals surface area contributed by atoms with Crippen molar-refractivity contribution in [2.24, 2.45) is 0 Å². The standard InChI is InChI=1S/C25H32N4O4/c1-4-17-11-13-19(14-12-17)29-22(30)21-15-20(23(31)33-3)27-28(21)16-25(29,2)24(32)26-18-9-7-5-6-8-10-18/h11-15,18H,4-10,16H2,1-3H3,(H,26,32)/t25-/m1/s1. The van der Waals surface area contributed by atoms with E-state index in [9.17, 15) is 14.4 Å². The zero-order valence-electron chi connectivity index (χ0n) is 19.6. The normalized spacial score (nSPS) is 21.3. The van der Waals surface area contributed by atoms with Gasteiger partial charge in [0.2, 0.25) is 5.91 Å². The predicted octanol–water partition coefficient (Wildman–Crippen LogP) is 3.49. The van der Waals surface area contributed by atoms with Crippen molar-refractivity contribution >= 4 is 23.5 Å². The topological polar surface area (TPSA) is 93.5 Å². The van der Waals surface area contributed by atoms with Crippen LogP contribution >= 0.6 is 0 Å². The molecule has 33 heavy (non-hydrogen) atoms. The molecule has 1 aromatic carbocycles. The van der Waals surface area contributed by atoms with Crippen molar-refractivity contribution in [1.29, 1.82) is 0 Å². The van der Waals surface area contributed by atoms with Gasteiger partial charge in [-0.3, -0.25) is 19.2 Å². The minimum Gasteiger partial charge on any atom is -0.464 e. The number of carbonyl (C=O) groups excluding carboxylic acids is 3. The first-order valence-corrected chi connectivity index (χ1v) is 11.8. The van der Waals surface area contributed by atoms with Crippen molar-refractivity contribution in [2.45, 2.75) is 76.9 Å². The van der Waals surface area contributed by atoms with Crippen LogP contribution in [0.3, 0.4) is 0 Å². The van der Waals surface area contributed by atoms with E-state index in [0.717, 1.165) is 37.7 Å². The van der Waals surface area contributed by atoms with E-state index in [1.807, 2.05) is 24.3 Å². The van der Waals surface area contributed by atoms with E-state index < -0.39 is 11.5 Å². The Morgan fingerprint density at radius 3 is 2.42 bits per heavy atom. The van der Waals surface area contributed by atoms with Crippen molar-refractivity contribution in [3.05, 3.63) is 47.3 Å². The summed E-state index contributed by atoms with van der Waals surface area (Å²) in [7, 11) is 1.27. The Morgan fingerprint density at radius 2 is 1.82 bits per heavy atom. The number of esters is 1. The van der Waals surface area contributed by atoms with Crippen LogP contribution in [-0.2, 0) is 22.5 Å². The summed E-state index contributed by atoms with van der Waals surface area (Å²) in [6.07, 6.45) is 7.32.